The quantitative estimate of drug-likeness (QED) is 0.527. The summed E-state index contributed by atoms with van der Waals surface area (Å²) in [5.74, 6) is 1.13. The lowest BCUT2D eigenvalue weighted by molar-refractivity contribution is 0.206. The van der Waals surface area contributed by atoms with E-state index in [1.54, 1.807) is 12.1 Å². The molecule has 0 radical (unpaired) electrons. The molecule has 1 aromatic rings. The summed E-state index contributed by atoms with van der Waals surface area (Å²) in [5.41, 5.74) is 0. The molecule has 0 heterocycles. The van der Waals surface area contributed by atoms with Gasteiger partial charge in [0.05, 0.1) is 6.10 Å². The zero-order valence-electron chi connectivity index (χ0n) is 13.1. The number of hydrogen-bond donors (Lipinski definition) is 1. The fraction of sp³-hybridized carbons (Fsp3) is 0.667. The first-order valence-corrected chi connectivity index (χ1v) is 8.18. The van der Waals surface area contributed by atoms with Crippen molar-refractivity contribution in [3.63, 3.8) is 0 Å². The molecule has 2 nitrogen and oxygen atoms in total. The number of unbranched alkanes of at least 4 members (excludes halogenated alkanes) is 7. The van der Waals surface area contributed by atoms with Gasteiger partial charge in [0.15, 0.2) is 0 Å². The van der Waals surface area contributed by atoms with Gasteiger partial charge in [0.2, 0.25) is 0 Å². The van der Waals surface area contributed by atoms with E-state index in [2.05, 4.69) is 13.8 Å². The molecule has 20 heavy (non-hydrogen) atoms. The summed E-state index contributed by atoms with van der Waals surface area (Å²) in [7, 11) is 0. The minimum Gasteiger partial charge on any atom is -0.508 e. The second kappa shape index (κ2) is 10.6. The highest BCUT2D eigenvalue weighted by Crippen LogP contribution is 2.19. The van der Waals surface area contributed by atoms with Crippen LogP contribution < -0.4 is 4.74 Å². The van der Waals surface area contributed by atoms with Gasteiger partial charge in [0.1, 0.15) is 11.5 Å². The first-order chi connectivity index (χ1) is 9.72. The molecule has 1 N–H and O–H groups in total. The molecule has 0 amide bonds. The van der Waals surface area contributed by atoms with Crippen molar-refractivity contribution >= 4 is 0 Å². The second-order valence-electron chi connectivity index (χ2n) is 5.69. The zero-order valence-corrected chi connectivity index (χ0v) is 13.1. The second-order valence-corrected chi connectivity index (χ2v) is 5.69. The van der Waals surface area contributed by atoms with Crippen LogP contribution in [0, 0.1) is 0 Å². The van der Waals surface area contributed by atoms with Crippen LogP contribution >= 0.6 is 0 Å². The highest BCUT2D eigenvalue weighted by atomic mass is 16.5. The summed E-state index contributed by atoms with van der Waals surface area (Å²) in [6.45, 7) is 4.38. The molecule has 1 unspecified atom stereocenters. The van der Waals surface area contributed by atoms with Crippen molar-refractivity contribution in [2.24, 2.45) is 0 Å². The first-order valence-electron chi connectivity index (χ1n) is 8.18. The van der Waals surface area contributed by atoms with E-state index < -0.39 is 0 Å². The van der Waals surface area contributed by atoms with Crippen molar-refractivity contribution in [3.8, 4) is 11.5 Å². The normalized spacial score (nSPS) is 12.3. The molecule has 0 spiro atoms. The van der Waals surface area contributed by atoms with Crippen LogP contribution in [0.2, 0.25) is 0 Å². The number of aromatic hydroxyl groups is 1. The predicted molar refractivity (Wildman–Crippen MR) is 85.4 cm³/mol. The van der Waals surface area contributed by atoms with Crippen LogP contribution in [0.1, 0.15) is 71.6 Å². The Hall–Kier alpha value is -1.18. The molecular formula is C18H30O2. The Morgan fingerprint density at radius 3 is 2.05 bits per heavy atom. The van der Waals surface area contributed by atoms with Gasteiger partial charge < -0.3 is 9.84 Å². The van der Waals surface area contributed by atoms with Crippen molar-refractivity contribution in [2.75, 3.05) is 0 Å². The minimum absolute atomic E-state index is 0.250. The molecule has 0 aliphatic heterocycles. The fourth-order valence-corrected chi connectivity index (χ4v) is 2.38. The van der Waals surface area contributed by atoms with E-state index in [4.69, 9.17) is 4.74 Å². The van der Waals surface area contributed by atoms with Crippen LogP contribution in [-0.4, -0.2) is 11.2 Å². The molecule has 2 heteroatoms. The molecule has 1 aromatic carbocycles. The van der Waals surface area contributed by atoms with Gasteiger partial charge in [-0.3, -0.25) is 0 Å². The summed E-state index contributed by atoms with van der Waals surface area (Å²) in [6.07, 6.45) is 12.2. The lowest BCUT2D eigenvalue weighted by atomic mass is 10.1. The summed E-state index contributed by atoms with van der Waals surface area (Å²) in [6, 6.07) is 6.97. The van der Waals surface area contributed by atoms with E-state index in [1.165, 1.54) is 51.4 Å². The summed E-state index contributed by atoms with van der Waals surface area (Å²) in [4.78, 5) is 0. The maximum absolute atomic E-state index is 9.21. The number of rotatable bonds is 11. The number of hydrogen-bond acceptors (Lipinski definition) is 2. The van der Waals surface area contributed by atoms with E-state index in [1.807, 2.05) is 12.1 Å². The van der Waals surface area contributed by atoms with Crippen LogP contribution in [0.5, 0.6) is 11.5 Å². The summed E-state index contributed by atoms with van der Waals surface area (Å²) < 4.78 is 5.82. The highest BCUT2D eigenvalue weighted by Gasteiger charge is 2.04. The Morgan fingerprint density at radius 1 is 0.900 bits per heavy atom. The fourth-order valence-electron chi connectivity index (χ4n) is 2.38. The average Bonchev–Trinajstić information content (AvgIpc) is 2.44. The average molecular weight is 278 g/mol. The van der Waals surface area contributed by atoms with Crippen molar-refractivity contribution in [3.05, 3.63) is 24.3 Å². The Kier molecular flexibility index (Phi) is 8.93. The van der Waals surface area contributed by atoms with E-state index in [0.29, 0.717) is 0 Å². The summed E-state index contributed by atoms with van der Waals surface area (Å²) in [5, 5.41) is 9.21. The van der Waals surface area contributed by atoms with Crippen molar-refractivity contribution in [1.29, 1.82) is 0 Å². The van der Waals surface area contributed by atoms with Gasteiger partial charge in [-0.2, -0.15) is 0 Å². The van der Waals surface area contributed by atoms with E-state index in [9.17, 15) is 5.11 Å². The van der Waals surface area contributed by atoms with Gasteiger partial charge in [-0.15, -0.1) is 0 Å². The predicted octanol–water partition coefficient (Wildman–Crippen LogP) is 5.69. The van der Waals surface area contributed by atoms with Crippen molar-refractivity contribution in [2.45, 2.75) is 77.7 Å². The molecule has 0 bridgehead atoms. The third-order valence-electron chi connectivity index (χ3n) is 3.64. The molecule has 1 atom stereocenters. The number of phenols is 1. The molecule has 0 aliphatic carbocycles. The van der Waals surface area contributed by atoms with Gasteiger partial charge in [-0.05, 0) is 44.0 Å². The number of ether oxygens (including phenoxy) is 1. The maximum Gasteiger partial charge on any atom is 0.119 e. The third kappa shape index (κ3) is 8.08. The smallest absolute Gasteiger partial charge is 0.119 e. The lowest BCUT2D eigenvalue weighted by Crippen LogP contribution is -2.11. The standard InChI is InChI=1S/C18H30O2/c1-3-4-5-6-7-8-9-10-11-16(2)20-18-14-12-17(19)13-15-18/h12-16,19H,3-11H2,1-2H3. The van der Waals surface area contributed by atoms with E-state index >= 15 is 0 Å². The number of phenolic OH excluding ortho intramolecular Hbond substituents is 1. The van der Waals surface area contributed by atoms with Crippen LogP contribution in [0.15, 0.2) is 24.3 Å². The van der Waals surface area contributed by atoms with Crippen LogP contribution in [0.25, 0.3) is 0 Å². The van der Waals surface area contributed by atoms with E-state index in [0.717, 1.165) is 12.2 Å². The Bertz CT molecular complexity index is 332. The van der Waals surface area contributed by atoms with Gasteiger partial charge in [-0.1, -0.05) is 51.9 Å². The molecule has 0 saturated heterocycles. The Morgan fingerprint density at radius 2 is 1.45 bits per heavy atom. The maximum atomic E-state index is 9.21. The molecule has 0 aliphatic rings. The Balaban J connectivity index is 2.00. The monoisotopic (exact) mass is 278 g/mol. The SMILES string of the molecule is CCCCCCCCCCC(C)Oc1ccc(O)cc1. The molecule has 0 saturated carbocycles. The third-order valence-corrected chi connectivity index (χ3v) is 3.64. The molecule has 114 valence electrons. The minimum atomic E-state index is 0.250. The van der Waals surface area contributed by atoms with Gasteiger partial charge in [0.25, 0.3) is 0 Å². The Labute approximate surface area is 124 Å². The first kappa shape index (κ1) is 16.9. The summed E-state index contributed by atoms with van der Waals surface area (Å²) >= 11 is 0. The lowest BCUT2D eigenvalue weighted by Gasteiger charge is -2.14. The zero-order chi connectivity index (χ0) is 14.6. The van der Waals surface area contributed by atoms with Crippen molar-refractivity contribution < 1.29 is 9.84 Å². The highest BCUT2D eigenvalue weighted by molar-refractivity contribution is 5.30. The van der Waals surface area contributed by atoms with Crippen LogP contribution in [0.3, 0.4) is 0 Å². The van der Waals surface area contributed by atoms with Crippen molar-refractivity contribution in [1.82, 2.24) is 0 Å². The van der Waals surface area contributed by atoms with E-state index in [-0.39, 0.29) is 11.9 Å². The topological polar surface area (TPSA) is 29.5 Å². The molecule has 1 rings (SSSR count). The molecule has 0 fully saturated rings. The van der Waals surface area contributed by atoms with Gasteiger partial charge >= 0.3 is 0 Å². The van der Waals surface area contributed by atoms with Crippen LogP contribution in [0.4, 0.5) is 0 Å². The van der Waals surface area contributed by atoms with Crippen LogP contribution in [-0.2, 0) is 0 Å². The van der Waals surface area contributed by atoms with Gasteiger partial charge in [-0.25, -0.2) is 0 Å². The van der Waals surface area contributed by atoms with Gasteiger partial charge in [0, 0.05) is 0 Å². The molecule has 0 aromatic heterocycles. The number of benzene rings is 1. The molecular weight excluding hydrogens is 248 g/mol. The largest absolute Gasteiger partial charge is 0.508 e.